The van der Waals surface area contributed by atoms with E-state index in [1.165, 1.54) is 31.6 Å². The van der Waals surface area contributed by atoms with Crippen molar-refractivity contribution in [2.45, 2.75) is 6.92 Å². The van der Waals surface area contributed by atoms with Crippen LogP contribution in [0.2, 0.25) is 10.0 Å². The predicted octanol–water partition coefficient (Wildman–Crippen LogP) is 2.14. The Morgan fingerprint density at radius 3 is 2.23 bits per heavy atom. The molecule has 0 unspecified atom stereocenters. The van der Waals surface area contributed by atoms with E-state index in [1.54, 1.807) is 6.07 Å². The summed E-state index contributed by atoms with van der Waals surface area (Å²) in [7, 11) is 2.91. The lowest BCUT2D eigenvalue weighted by atomic mass is 10.2. The van der Waals surface area contributed by atoms with Gasteiger partial charge < -0.3 is 15.2 Å². The Kier molecular flexibility index (Phi) is 6.59. The first-order valence-corrected chi connectivity index (χ1v) is 9.00. The van der Waals surface area contributed by atoms with Crippen LogP contribution < -0.4 is 15.2 Å². The number of H-pyrrole nitrogens is 1. The molecule has 0 saturated heterocycles. The third-order valence-corrected chi connectivity index (χ3v) is 4.41. The minimum atomic E-state index is 0.160. The molecular weight excluding hydrogens is 435 g/mol. The van der Waals surface area contributed by atoms with Gasteiger partial charge in [-0.3, -0.25) is 5.10 Å². The van der Waals surface area contributed by atoms with Gasteiger partial charge in [0, 0.05) is 0 Å². The second-order valence-electron chi connectivity index (χ2n) is 5.52. The fraction of sp³-hybridized carbons (Fsp3) is 0.188. The van der Waals surface area contributed by atoms with Crippen molar-refractivity contribution in [3.8, 4) is 29.4 Å². The fourth-order valence-electron chi connectivity index (χ4n) is 2.20. The van der Waals surface area contributed by atoms with Crippen molar-refractivity contribution in [1.82, 2.24) is 44.9 Å². The van der Waals surface area contributed by atoms with Crippen molar-refractivity contribution in [2.75, 3.05) is 20.0 Å². The lowest BCUT2D eigenvalue weighted by molar-refractivity contribution is 0.341. The number of ether oxygens (including phenoxy) is 2. The van der Waals surface area contributed by atoms with Crippen molar-refractivity contribution in [2.24, 2.45) is 0 Å². The van der Waals surface area contributed by atoms with Crippen LogP contribution in [-0.2, 0) is 0 Å². The second kappa shape index (κ2) is 9.33. The SMILES string of the molecule is COc1nc(OC)nc(-c2ncn[nH]2)n1.Cc1ccc(Cl)c(-n2ncnc2N)c1Cl. The first-order valence-electron chi connectivity index (χ1n) is 8.24. The minimum Gasteiger partial charge on any atom is -0.467 e. The molecule has 1 aromatic carbocycles. The van der Waals surface area contributed by atoms with E-state index in [0.29, 0.717) is 27.4 Å². The maximum Gasteiger partial charge on any atom is 0.322 e. The highest BCUT2D eigenvalue weighted by molar-refractivity contribution is 6.38. The summed E-state index contributed by atoms with van der Waals surface area (Å²) in [6.07, 6.45) is 2.71. The summed E-state index contributed by atoms with van der Waals surface area (Å²) in [4.78, 5) is 19.5. The van der Waals surface area contributed by atoms with E-state index in [1.807, 2.05) is 13.0 Å². The largest absolute Gasteiger partial charge is 0.467 e. The maximum absolute atomic E-state index is 6.13. The zero-order valence-electron chi connectivity index (χ0n) is 16.0. The third-order valence-electron chi connectivity index (χ3n) is 3.63. The zero-order chi connectivity index (χ0) is 21.7. The van der Waals surface area contributed by atoms with Crippen LogP contribution in [0.5, 0.6) is 12.0 Å². The molecule has 0 aliphatic carbocycles. The molecule has 30 heavy (non-hydrogen) atoms. The molecule has 0 saturated carbocycles. The number of hydrogen-bond acceptors (Lipinski definition) is 10. The molecule has 0 atom stereocenters. The van der Waals surface area contributed by atoms with Crippen molar-refractivity contribution in [1.29, 1.82) is 0 Å². The number of benzene rings is 1. The van der Waals surface area contributed by atoms with Gasteiger partial charge in [-0.2, -0.15) is 29.8 Å². The van der Waals surface area contributed by atoms with Gasteiger partial charge in [0.15, 0.2) is 5.82 Å². The lowest BCUT2D eigenvalue weighted by Gasteiger charge is -2.09. The van der Waals surface area contributed by atoms with Crippen molar-refractivity contribution < 1.29 is 9.47 Å². The summed E-state index contributed by atoms with van der Waals surface area (Å²) in [5.74, 6) is 0.995. The first kappa shape index (κ1) is 21.2. The smallest absolute Gasteiger partial charge is 0.322 e. The summed E-state index contributed by atoms with van der Waals surface area (Å²) in [6.45, 7) is 1.88. The van der Waals surface area contributed by atoms with E-state index < -0.39 is 0 Å². The number of nitrogens with one attached hydrogen (secondary N) is 1. The van der Waals surface area contributed by atoms with Crippen LogP contribution in [0.25, 0.3) is 17.3 Å². The van der Waals surface area contributed by atoms with Crippen LogP contribution in [0.4, 0.5) is 5.95 Å². The van der Waals surface area contributed by atoms with Gasteiger partial charge in [0.05, 0.1) is 24.3 Å². The molecule has 3 heterocycles. The molecule has 0 bridgehead atoms. The fourth-order valence-corrected chi connectivity index (χ4v) is 2.73. The van der Waals surface area contributed by atoms with Gasteiger partial charge in [-0.05, 0) is 18.6 Å². The predicted molar refractivity (Wildman–Crippen MR) is 109 cm³/mol. The summed E-state index contributed by atoms with van der Waals surface area (Å²) >= 11 is 12.2. The average molecular weight is 451 g/mol. The van der Waals surface area contributed by atoms with E-state index in [0.717, 1.165) is 5.56 Å². The van der Waals surface area contributed by atoms with Gasteiger partial charge >= 0.3 is 12.0 Å². The molecule has 0 aliphatic heterocycles. The standard InChI is InChI=1S/C9H8Cl2N4.C7H8N6O2/c1-5-2-3-6(10)8(7(5)11)15-9(12)13-4-14-15;1-14-6-10-5(4-8-3-9-13-4)11-7(12-6)15-2/h2-4H,1H3,(H2,12,13,14);3H,1-2H3,(H,8,9,13). The number of rotatable bonds is 4. The van der Waals surface area contributed by atoms with Crippen LogP contribution in [-0.4, -0.2) is 59.1 Å². The Balaban J connectivity index is 0.000000171. The molecule has 0 fully saturated rings. The van der Waals surface area contributed by atoms with Gasteiger partial charge in [-0.1, -0.05) is 29.3 Å². The monoisotopic (exact) mass is 450 g/mol. The topological polar surface area (TPSA) is 155 Å². The van der Waals surface area contributed by atoms with E-state index in [2.05, 4.69) is 40.2 Å². The molecule has 3 N–H and O–H groups in total. The second-order valence-corrected chi connectivity index (χ2v) is 6.31. The summed E-state index contributed by atoms with van der Waals surface area (Å²) in [5.41, 5.74) is 7.10. The first-order chi connectivity index (χ1) is 14.4. The Morgan fingerprint density at radius 1 is 1.00 bits per heavy atom. The number of nitrogens with zero attached hydrogens (tertiary/aromatic N) is 8. The number of aryl methyl sites for hydroxylation is 1. The number of aromatic amines is 1. The van der Waals surface area contributed by atoms with Crippen LogP contribution in [0.15, 0.2) is 24.8 Å². The van der Waals surface area contributed by atoms with Crippen LogP contribution >= 0.6 is 23.2 Å². The van der Waals surface area contributed by atoms with E-state index in [9.17, 15) is 0 Å². The molecule has 0 radical (unpaired) electrons. The molecule has 0 amide bonds. The molecule has 4 aromatic rings. The van der Waals surface area contributed by atoms with Crippen molar-refractivity contribution >= 4 is 29.2 Å². The summed E-state index contributed by atoms with van der Waals surface area (Å²) in [6, 6.07) is 3.90. The highest BCUT2D eigenvalue weighted by Gasteiger charge is 2.13. The van der Waals surface area contributed by atoms with Gasteiger partial charge in [0.2, 0.25) is 11.8 Å². The van der Waals surface area contributed by atoms with E-state index >= 15 is 0 Å². The highest BCUT2D eigenvalue weighted by atomic mass is 35.5. The number of halogens is 2. The Hall–Kier alpha value is -3.51. The van der Waals surface area contributed by atoms with E-state index in [4.69, 9.17) is 38.4 Å². The molecule has 4 rings (SSSR count). The van der Waals surface area contributed by atoms with Crippen molar-refractivity contribution in [3.63, 3.8) is 0 Å². The number of anilines is 1. The van der Waals surface area contributed by atoms with Crippen LogP contribution in [0.1, 0.15) is 5.56 Å². The molecule has 0 aliphatic rings. The molecular formula is C16H16Cl2N10O2. The van der Waals surface area contributed by atoms with Crippen LogP contribution in [0.3, 0.4) is 0 Å². The van der Waals surface area contributed by atoms with Crippen molar-refractivity contribution in [3.05, 3.63) is 40.4 Å². The van der Waals surface area contributed by atoms with Gasteiger partial charge in [-0.15, -0.1) is 4.98 Å². The summed E-state index contributed by atoms with van der Waals surface area (Å²) < 4.78 is 11.2. The average Bonchev–Trinajstić information content (AvgIpc) is 3.44. The molecule has 12 nitrogen and oxygen atoms in total. The lowest BCUT2D eigenvalue weighted by Crippen LogP contribution is -2.04. The Bertz CT molecular complexity index is 1110. The molecule has 3 aromatic heterocycles. The van der Waals surface area contributed by atoms with E-state index in [-0.39, 0.29) is 18.0 Å². The maximum atomic E-state index is 6.13. The zero-order valence-corrected chi connectivity index (χ0v) is 17.5. The van der Waals surface area contributed by atoms with Gasteiger partial charge in [0.1, 0.15) is 18.3 Å². The Labute approximate surface area is 180 Å². The number of nitrogens with two attached hydrogens (primary N) is 1. The normalized spacial score (nSPS) is 10.3. The van der Waals surface area contributed by atoms with Crippen LogP contribution in [0, 0.1) is 6.92 Å². The summed E-state index contributed by atoms with van der Waals surface area (Å²) in [5, 5.41) is 11.3. The number of methoxy groups -OCH3 is 2. The Morgan fingerprint density at radius 2 is 1.70 bits per heavy atom. The highest BCUT2D eigenvalue weighted by Crippen LogP contribution is 2.31. The number of nitrogen functional groups attached to an aromatic ring is 1. The van der Waals surface area contributed by atoms with Gasteiger partial charge in [0.25, 0.3) is 0 Å². The number of hydrogen-bond donors (Lipinski definition) is 2. The third kappa shape index (κ3) is 4.55. The molecule has 14 heteroatoms. The number of aromatic nitrogens is 9. The minimum absolute atomic E-state index is 0.160. The molecule has 156 valence electrons. The van der Waals surface area contributed by atoms with Gasteiger partial charge in [-0.25, -0.2) is 4.98 Å². The quantitative estimate of drug-likeness (QED) is 0.471. The molecule has 0 spiro atoms.